The summed E-state index contributed by atoms with van der Waals surface area (Å²) in [7, 11) is 0. The van der Waals surface area contributed by atoms with Crippen LogP contribution in [0.25, 0.3) is 0 Å². The Morgan fingerprint density at radius 2 is 1.54 bits per heavy atom. The summed E-state index contributed by atoms with van der Waals surface area (Å²) >= 11 is 0. The molecule has 0 aliphatic rings. The molecular formula is C10H14O3. The van der Waals surface area contributed by atoms with Crippen LogP contribution in [0.1, 0.15) is 6.92 Å². The molecule has 0 amide bonds. The van der Waals surface area contributed by atoms with Gasteiger partial charge in [0.25, 0.3) is 0 Å². The summed E-state index contributed by atoms with van der Waals surface area (Å²) in [5.74, 6) is -0.153. The molecule has 0 heterocycles. The van der Waals surface area contributed by atoms with Crippen LogP contribution in [-0.2, 0) is 0 Å². The van der Waals surface area contributed by atoms with Crippen LogP contribution in [-0.4, -0.2) is 21.9 Å². The van der Waals surface area contributed by atoms with Crippen LogP contribution >= 0.6 is 0 Å². The molecule has 0 aliphatic carbocycles. The number of para-hydroxylation sites is 2. The van der Waals surface area contributed by atoms with Gasteiger partial charge in [0.05, 0.1) is 6.61 Å². The second-order valence-electron chi connectivity index (χ2n) is 2.60. The van der Waals surface area contributed by atoms with Gasteiger partial charge in [-0.2, -0.15) is 0 Å². The fraction of sp³-hybridized carbons (Fsp3) is 0.200. The highest BCUT2D eigenvalue weighted by molar-refractivity contribution is 5.36. The first-order valence-electron chi connectivity index (χ1n) is 3.80. The Kier molecular flexibility index (Phi) is 5.39. The molecular weight excluding hydrogens is 168 g/mol. The maximum Gasteiger partial charge on any atom is 0.157 e. The van der Waals surface area contributed by atoms with Crippen LogP contribution in [0.15, 0.2) is 36.4 Å². The number of phenolic OH excluding ortho intramolecular Hbond substituents is 2. The Morgan fingerprint density at radius 1 is 1.23 bits per heavy atom. The summed E-state index contributed by atoms with van der Waals surface area (Å²) in [6, 6.07) is 6.15. The first-order chi connectivity index (χ1) is 6.07. The Hall–Kier alpha value is -1.48. The van der Waals surface area contributed by atoms with Crippen molar-refractivity contribution < 1.29 is 15.3 Å². The highest BCUT2D eigenvalue weighted by Crippen LogP contribution is 2.21. The average Bonchev–Trinajstić information content (AvgIpc) is 2.11. The first-order valence-corrected chi connectivity index (χ1v) is 3.80. The molecule has 1 rings (SSSR count). The molecule has 0 atom stereocenters. The van der Waals surface area contributed by atoms with Crippen LogP contribution in [0.4, 0.5) is 0 Å². The number of hydrogen-bond acceptors (Lipinski definition) is 3. The van der Waals surface area contributed by atoms with Crippen LogP contribution in [0, 0.1) is 0 Å². The van der Waals surface area contributed by atoms with E-state index in [1.165, 1.54) is 12.1 Å². The summed E-state index contributed by atoms with van der Waals surface area (Å²) in [4.78, 5) is 0. The zero-order chi connectivity index (χ0) is 10.3. The second kappa shape index (κ2) is 6.08. The van der Waals surface area contributed by atoms with Gasteiger partial charge in [-0.25, -0.2) is 0 Å². The summed E-state index contributed by atoms with van der Waals surface area (Å²) in [6.45, 7) is 5.31. The van der Waals surface area contributed by atoms with E-state index in [9.17, 15) is 0 Å². The number of aliphatic hydroxyl groups excluding tert-OH is 1. The maximum atomic E-state index is 8.67. The van der Waals surface area contributed by atoms with Crippen molar-refractivity contribution in [2.24, 2.45) is 0 Å². The summed E-state index contributed by atoms with van der Waals surface area (Å²) in [5, 5.41) is 25.4. The molecule has 0 aromatic heterocycles. The molecule has 0 aliphatic heterocycles. The van der Waals surface area contributed by atoms with Gasteiger partial charge in [0.15, 0.2) is 11.5 Å². The molecule has 0 unspecified atom stereocenters. The summed E-state index contributed by atoms with van der Waals surface area (Å²) < 4.78 is 0. The zero-order valence-corrected chi connectivity index (χ0v) is 7.57. The highest BCUT2D eigenvalue weighted by atomic mass is 16.3. The van der Waals surface area contributed by atoms with Gasteiger partial charge < -0.3 is 15.3 Å². The fourth-order valence-corrected chi connectivity index (χ4v) is 0.464. The molecule has 1 aromatic carbocycles. The van der Waals surface area contributed by atoms with E-state index in [0.717, 1.165) is 5.57 Å². The molecule has 3 heteroatoms. The van der Waals surface area contributed by atoms with E-state index < -0.39 is 0 Å². The molecule has 0 spiro atoms. The van der Waals surface area contributed by atoms with Crippen molar-refractivity contribution in [1.29, 1.82) is 0 Å². The average molecular weight is 182 g/mol. The van der Waals surface area contributed by atoms with Gasteiger partial charge in [-0.3, -0.25) is 0 Å². The number of aromatic hydroxyl groups is 2. The fourth-order valence-electron chi connectivity index (χ4n) is 0.464. The number of aliphatic hydroxyl groups is 1. The molecule has 0 fully saturated rings. The number of hydrogen-bond donors (Lipinski definition) is 3. The van der Waals surface area contributed by atoms with E-state index in [2.05, 4.69) is 6.58 Å². The predicted octanol–water partition coefficient (Wildman–Crippen LogP) is 1.65. The van der Waals surface area contributed by atoms with Crippen molar-refractivity contribution >= 4 is 0 Å². The standard InChI is InChI=1S/C6H6O2.C4H8O/c7-5-3-1-2-4-6(5)8;1-4(2)3-5/h1-4,7-8H;5H,1,3H2,2H3. The lowest BCUT2D eigenvalue weighted by Gasteiger charge is -1.91. The molecule has 72 valence electrons. The molecule has 0 saturated carbocycles. The van der Waals surface area contributed by atoms with Crippen molar-refractivity contribution in [3.05, 3.63) is 36.4 Å². The highest BCUT2D eigenvalue weighted by Gasteiger charge is 1.90. The maximum absolute atomic E-state index is 8.67. The largest absolute Gasteiger partial charge is 0.504 e. The lowest BCUT2D eigenvalue weighted by Crippen LogP contribution is -1.76. The number of benzene rings is 1. The Balaban J connectivity index is 0.000000252. The SMILES string of the molecule is C=C(C)CO.Oc1ccccc1O. The molecule has 0 saturated heterocycles. The summed E-state index contributed by atoms with van der Waals surface area (Å²) in [6.07, 6.45) is 0. The van der Waals surface area contributed by atoms with Crippen LogP contribution < -0.4 is 0 Å². The Morgan fingerprint density at radius 3 is 1.69 bits per heavy atom. The van der Waals surface area contributed by atoms with Crippen molar-refractivity contribution in [1.82, 2.24) is 0 Å². The van der Waals surface area contributed by atoms with Gasteiger partial charge >= 0.3 is 0 Å². The number of rotatable bonds is 1. The molecule has 1 aromatic rings. The second-order valence-corrected chi connectivity index (χ2v) is 2.60. The lowest BCUT2D eigenvalue weighted by molar-refractivity contribution is 0.332. The van der Waals surface area contributed by atoms with E-state index >= 15 is 0 Å². The molecule has 3 nitrogen and oxygen atoms in total. The zero-order valence-electron chi connectivity index (χ0n) is 7.57. The van der Waals surface area contributed by atoms with Crippen molar-refractivity contribution in [3.63, 3.8) is 0 Å². The molecule has 3 N–H and O–H groups in total. The topological polar surface area (TPSA) is 60.7 Å². The third-order valence-corrected chi connectivity index (χ3v) is 1.15. The predicted molar refractivity (Wildman–Crippen MR) is 51.7 cm³/mol. The minimum Gasteiger partial charge on any atom is -0.504 e. The van der Waals surface area contributed by atoms with E-state index in [0.29, 0.717) is 0 Å². The van der Waals surface area contributed by atoms with Gasteiger partial charge in [-0.1, -0.05) is 24.3 Å². The summed E-state index contributed by atoms with van der Waals surface area (Å²) in [5.41, 5.74) is 0.810. The Bertz CT molecular complexity index is 248. The van der Waals surface area contributed by atoms with Gasteiger partial charge in [0.1, 0.15) is 0 Å². The first kappa shape index (κ1) is 11.5. The van der Waals surface area contributed by atoms with E-state index in [4.69, 9.17) is 15.3 Å². The van der Waals surface area contributed by atoms with Crippen LogP contribution in [0.5, 0.6) is 11.5 Å². The monoisotopic (exact) mass is 182 g/mol. The van der Waals surface area contributed by atoms with Gasteiger partial charge in [-0.15, -0.1) is 0 Å². The third kappa shape index (κ3) is 5.75. The van der Waals surface area contributed by atoms with Gasteiger partial charge in [0, 0.05) is 0 Å². The Labute approximate surface area is 77.6 Å². The molecule has 0 radical (unpaired) electrons. The minimum absolute atomic E-state index is 0.0764. The van der Waals surface area contributed by atoms with Crippen molar-refractivity contribution in [2.45, 2.75) is 6.92 Å². The third-order valence-electron chi connectivity index (χ3n) is 1.15. The minimum atomic E-state index is -0.0764. The van der Waals surface area contributed by atoms with Crippen molar-refractivity contribution in [3.8, 4) is 11.5 Å². The van der Waals surface area contributed by atoms with Crippen LogP contribution in [0.3, 0.4) is 0 Å². The van der Waals surface area contributed by atoms with Gasteiger partial charge in [-0.05, 0) is 19.1 Å². The van der Waals surface area contributed by atoms with E-state index in [1.807, 2.05) is 0 Å². The molecule has 13 heavy (non-hydrogen) atoms. The van der Waals surface area contributed by atoms with E-state index in [1.54, 1.807) is 19.1 Å². The normalized spacial score (nSPS) is 8.46. The lowest BCUT2D eigenvalue weighted by atomic mass is 10.3. The van der Waals surface area contributed by atoms with Crippen LogP contribution in [0.2, 0.25) is 0 Å². The van der Waals surface area contributed by atoms with Crippen molar-refractivity contribution in [2.75, 3.05) is 6.61 Å². The van der Waals surface area contributed by atoms with E-state index in [-0.39, 0.29) is 18.1 Å². The smallest absolute Gasteiger partial charge is 0.157 e. The number of phenols is 2. The molecule has 0 bridgehead atoms. The van der Waals surface area contributed by atoms with Gasteiger partial charge in [0.2, 0.25) is 0 Å². The quantitative estimate of drug-likeness (QED) is 0.457.